The zero-order chi connectivity index (χ0) is 9.28. The van der Waals surface area contributed by atoms with Crippen LogP contribution >= 0.6 is 0 Å². The first kappa shape index (κ1) is 10.5. The molecule has 0 fully saturated rings. The lowest BCUT2D eigenvalue weighted by Crippen LogP contribution is -2.46. The molecule has 0 aliphatic heterocycles. The third kappa shape index (κ3) is 1.75. The van der Waals surface area contributed by atoms with Crippen molar-refractivity contribution in [2.75, 3.05) is 0 Å². The standard InChI is InChI=1S/C4H2F7/c5-1-3(8,2(6)7)4(9,10)11/h1-2H. The lowest BCUT2D eigenvalue weighted by molar-refractivity contribution is -0.259. The average Bonchev–Trinajstić information content (AvgIpc) is 1.83. The van der Waals surface area contributed by atoms with E-state index in [2.05, 4.69) is 0 Å². The number of alkyl halides is 6. The third-order valence-corrected chi connectivity index (χ3v) is 0.911. The predicted molar refractivity (Wildman–Crippen MR) is 21.3 cm³/mol. The van der Waals surface area contributed by atoms with Crippen molar-refractivity contribution in [3.05, 3.63) is 6.67 Å². The molecule has 0 amide bonds. The van der Waals surface area contributed by atoms with Crippen molar-refractivity contribution in [3.63, 3.8) is 0 Å². The third-order valence-electron chi connectivity index (χ3n) is 0.911. The monoisotopic (exact) mass is 183 g/mol. The van der Waals surface area contributed by atoms with Crippen LogP contribution in [0.2, 0.25) is 0 Å². The Bertz CT molecular complexity index is 127. The molecule has 11 heavy (non-hydrogen) atoms. The van der Waals surface area contributed by atoms with E-state index < -0.39 is 24.9 Å². The molecule has 0 aliphatic rings. The lowest BCUT2D eigenvalue weighted by atomic mass is 10.1. The van der Waals surface area contributed by atoms with Crippen molar-refractivity contribution in [2.24, 2.45) is 0 Å². The highest BCUT2D eigenvalue weighted by molar-refractivity contribution is 4.96. The minimum absolute atomic E-state index is 1.70. The summed E-state index contributed by atoms with van der Waals surface area (Å²) in [6.07, 6.45) is -10.4. The van der Waals surface area contributed by atoms with Crippen LogP contribution in [-0.4, -0.2) is 18.3 Å². The van der Waals surface area contributed by atoms with E-state index in [0.29, 0.717) is 0 Å². The van der Waals surface area contributed by atoms with Gasteiger partial charge in [-0.2, -0.15) is 13.2 Å². The van der Waals surface area contributed by atoms with Gasteiger partial charge in [0, 0.05) is 0 Å². The van der Waals surface area contributed by atoms with E-state index in [1.165, 1.54) is 0 Å². The fraction of sp³-hybridized carbons (Fsp3) is 0.750. The summed E-state index contributed by atoms with van der Waals surface area (Å²) in [5, 5.41) is 0. The predicted octanol–water partition coefficient (Wildman–Crippen LogP) is 2.65. The maximum atomic E-state index is 11.8. The van der Waals surface area contributed by atoms with Gasteiger partial charge < -0.3 is 0 Å². The second-order valence-electron chi connectivity index (χ2n) is 1.68. The van der Waals surface area contributed by atoms with Gasteiger partial charge in [0.05, 0.1) is 0 Å². The Kier molecular flexibility index (Phi) is 2.74. The molecule has 0 aromatic carbocycles. The van der Waals surface area contributed by atoms with E-state index in [9.17, 15) is 30.7 Å². The van der Waals surface area contributed by atoms with Gasteiger partial charge in [0.25, 0.3) is 12.1 Å². The van der Waals surface area contributed by atoms with Gasteiger partial charge in [-0.3, -0.25) is 0 Å². The van der Waals surface area contributed by atoms with E-state index in [1.807, 2.05) is 0 Å². The Labute approximate surface area is 57.0 Å². The molecule has 0 heterocycles. The molecule has 0 rings (SSSR count). The van der Waals surface area contributed by atoms with E-state index in [4.69, 9.17) is 0 Å². The van der Waals surface area contributed by atoms with Gasteiger partial charge in [0.15, 0.2) is 6.67 Å². The molecule has 0 aromatic rings. The fourth-order valence-electron chi connectivity index (χ4n) is 0.233. The Balaban J connectivity index is 4.61. The minimum Gasteiger partial charge on any atom is -0.240 e. The maximum Gasteiger partial charge on any atom is 0.431 e. The van der Waals surface area contributed by atoms with Crippen molar-refractivity contribution in [3.8, 4) is 0 Å². The Morgan fingerprint density at radius 3 is 1.36 bits per heavy atom. The van der Waals surface area contributed by atoms with Gasteiger partial charge in [0.1, 0.15) is 0 Å². The van der Waals surface area contributed by atoms with Crippen LogP contribution in [-0.2, 0) is 0 Å². The summed E-state index contributed by atoms with van der Waals surface area (Å²) in [6, 6.07) is 0. The molecule has 0 N–H and O–H groups in total. The highest BCUT2D eigenvalue weighted by Crippen LogP contribution is 2.40. The smallest absolute Gasteiger partial charge is 0.240 e. The van der Waals surface area contributed by atoms with E-state index >= 15 is 0 Å². The molecule has 1 atom stereocenters. The highest BCUT2D eigenvalue weighted by Gasteiger charge is 2.63. The van der Waals surface area contributed by atoms with Gasteiger partial charge in [0.2, 0.25) is 0 Å². The van der Waals surface area contributed by atoms with Crippen LogP contribution < -0.4 is 0 Å². The molecule has 0 saturated carbocycles. The van der Waals surface area contributed by atoms with Crippen molar-refractivity contribution >= 4 is 0 Å². The first-order valence-corrected chi connectivity index (χ1v) is 2.24. The molecular weight excluding hydrogens is 181 g/mol. The summed E-state index contributed by atoms with van der Waals surface area (Å²) in [7, 11) is 0. The van der Waals surface area contributed by atoms with Crippen molar-refractivity contribution in [2.45, 2.75) is 18.3 Å². The molecule has 0 nitrogen and oxygen atoms in total. The second kappa shape index (κ2) is 2.86. The molecular formula is C4H2F7. The lowest BCUT2D eigenvalue weighted by Gasteiger charge is -2.22. The van der Waals surface area contributed by atoms with Crippen LogP contribution in [0.4, 0.5) is 30.7 Å². The number of rotatable bonds is 2. The van der Waals surface area contributed by atoms with E-state index in [-0.39, 0.29) is 0 Å². The first-order chi connectivity index (χ1) is 4.75. The van der Waals surface area contributed by atoms with Crippen LogP contribution in [0.3, 0.4) is 0 Å². The zero-order valence-corrected chi connectivity index (χ0v) is 4.80. The van der Waals surface area contributed by atoms with Gasteiger partial charge in [-0.25, -0.2) is 17.6 Å². The average molecular weight is 183 g/mol. The van der Waals surface area contributed by atoms with Crippen molar-refractivity contribution in [1.82, 2.24) is 0 Å². The topological polar surface area (TPSA) is 0 Å². The maximum absolute atomic E-state index is 11.8. The zero-order valence-electron chi connectivity index (χ0n) is 4.80. The van der Waals surface area contributed by atoms with Crippen LogP contribution in [0, 0.1) is 6.67 Å². The van der Waals surface area contributed by atoms with Crippen LogP contribution in [0.15, 0.2) is 0 Å². The largest absolute Gasteiger partial charge is 0.431 e. The molecule has 0 aromatic heterocycles. The van der Waals surface area contributed by atoms with Gasteiger partial charge in [-0.15, -0.1) is 0 Å². The minimum atomic E-state index is -5.92. The molecule has 0 spiro atoms. The van der Waals surface area contributed by atoms with Crippen LogP contribution in [0.1, 0.15) is 0 Å². The van der Waals surface area contributed by atoms with Crippen molar-refractivity contribution in [1.29, 1.82) is 0 Å². The van der Waals surface area contributed by atoms with Gasteiger partial charge in [-0.1, -0.05) is 0 Å². The molecule has 1 radical (unpaired) electrons. The molecule has 67 valence electrons. The second-order valence-corrected chi connectivity index (χ2v) is 1.68. The Morgan fingerprint density at radius 2 is 1.36 bits per heavy atom. The van der Waals surface area contributed by atoms with Crippen LogP contribution in [0.25, 0.3) is 0 Å². The van der Waals surface area contributed by atoms with Gasteiger partial charge in [-0.05, 0) is 0 Å². The fourth-order valence-corrected chi connectivity index (χ4v) is 0.233. The summed E-state index contributed by atoms with van der Waals surface area (Å²) in [4.78, 5) is 0. The van der Waals surface area contributed by atoms with Crippen LogP contribution in [0.5, 0.6) is 0 Å². The van der Waals surface area contributed by atoms with Gasteiger partial charge >= 0.3 is 6.18 Å². The molecule has 0 saturated heterocycles. The SMILES string of the molecule is F[CH]C(F)(C(F)F)C(F)(F)F. The molecule has 1 unspecified atom stereocenters. The Hall–Kier alpha value is -0.490. The summed E-state index contributed by atoms with van der Waals surface area (Å²) in [5.74, 6) is 0. The number of hydrogen-bond acceptors (Lipinski definition) is 0. The number of halogens is 7. The van der Waals surface area contributed by atoms with E-state index in [0.717, 1.165) is 0 Å². The molecule has 0 aliphatic carbocycles. The first-order valence-electron chi connectivity index (χ1n) is 2.24. The summed E-state index contributed by atoms with van der Waals surface area (Å²) < 4.78 is 79.0. The highest BCUT2D eigenvalue weighted by atomic mass is 19.4. The Morgan fingerprint density at radius 1 is 1.00 bits per heavy atom. The normalized spacial score (nSPS) is 18.5. The summed E-state index contributed by atoms with van der Waals surface area (Å²) in [6.45, 7) is -1.70. The molecule has 0 bridgehead atoms. The van der Waals surface area contributed by atoms with E-state index in [1.54, 1.807) is 0 Å². The summed E-state index contributed by atoms with van der Waals surface area (Å²) >= 11 is 0. The molecule has 7 heteroatoms. The quantitative estimate of drug-likeness (QED) is 0.577. The van der Waals surface area contributed by atoms with Crippen molar-refractivity contribution < 1.29 is 30.7 Å². The number of hydrogen-bond donors (Lipinski definition) is 0. The summed E-state index contributed by atoms with van der Waals surface area (Å²) in [5.41, 5.74) is -5.15.